The zero-order valence-electron chi connectivity index (χ0n) is 7.34. The van der Waals surface area contributed by atoms with Crippen LogP contribution in [0, 0.1) is 17.8 Å². The fraction of sp³-hybridized carbons (Fsp3) is 1.00. The van der Waals surface area contributed by atoms with Gasteiger partial charge in [0.25, 0.3) is 0 Å². The monoisotopic (exact) mass is 268 g/mol. The Balaban J connectivity index is 1.82. The summed E-state index contributed by atoms with van der Waals surface area (Å²) in [5.41, 5.74) is 0. The summed E-state index contributed by atoms with van der Waals surface area (Å²) in [6, 6.07) is 0. The molecule has 3 rings (SSSR count). The minimum Gasteiger partial charge on any atom is -0.0768 e. The second kappa shape index (κ2) is 3.96. The van der Waals surface area contributed by atoms with E-state index in [9.17, 15) is 0 Å². The Labute approximate surface area is 98.5 Å². The molecule has 1 aliphatic heterocycles. The summed E-state index contributed by atoms with van der Waals surface area (Å²) in [5.74, 6) is 3.10. The number of hydrogen-bond acceptors (Lipinski definition) is 5. The molecule has 3 fully saturated rings. The van der Waals surface area contributed by atoms with Gasteiger partial charge in [-0.05, 0) is 60.1 Å². The van der Waals surface area contributed by atoms with Crippen LogP contribution >= 0.6 is 51.1 Å². The number of fused-ring (bicyclic) bond motifs is 5. The van der Waals surface area contributed by atoms with Gasteiger partial charge in [-0.25, -0.2) is 0 Å². The van der Waals surface area contributed by atoms with E-state index in [2.05, 4.69) is 28.5 Å². The third kappa shape index (κ3) is 1.67. The van der Waals surface area contributed by atoms with Crippen molar-refractivity contribution in [2.45, 2.75) is 30.3 Å². The van der Waals surface area contributed by atoms with Gasteiger partial charge in [-0.2, -0.15) is 0 Å². The molecule has 2 aliphatic carbocycles. The quantitative estimate of drug-likeness (QED) is 0.580. The number of rotatable bonds is 0. The molecule has 0 N–H and O–H groups in total. The first-order valence-corrected chi connectivity index (χ1v) is 11.0. The predicted octanol–water partition coefficient (Wildman–Crippen LogP) is 4.74. The summed E-state index contributed by atoms with van der Waals surface area (Å²) in [4.78, 5) is 0. The van der Waals surface area contributed by atoms with Gasteiger partial charge in [-0.15, -0.1) is 0 Å². The van der Waals surface area contributed by atoms with Crippen LogP contribution in [0.1, 0.15) is 19.8 Å². The van der Waals surface area contributed by atoms with E-state index in [4.69, 9.17) is 0 Å². The highest BCUT2D eigenvalue weighted by molar-refractivity contribution is 9.36. The lowest BCUT2D eigenvalue weighted by atomic mass is 9.90. The maximum atomic E-state index is 2.46. The molecular formula is C8H12S5. The maximum absolute atomic E-state index is 2.46. The molecule has 1 saturated heterocycles. The molecule has 2 bridgehead atoms. The third-order valence-electron chi connectivity index (χ3n) is 3.55. The van der Waals surface area contributed by atoms with Crippen LogP contribution in [0.2, 0.25) is 0 Å². The zero-order chi connectivity index (χ0) is 8.84. The van der Waals surface area contributed by atoms with Crippen molar-refractivity contribution in [1.29, 1.82) is 0 Å². The minimum atomic E-state index is 0.964. The van der Waals surface area contributed by atoms with Gasteiger partial charge in [0.15, 0.2) is 0 Å². The molecule has 0 aromatic rings. The Morgan fingerprint density at radius 2 is 1.69 bits per heavy atom. The van der Waals surface area contributed by atoms with Gasteiger partial charge in [0.2, 0.25) is 0 Å². The van der Waals surface area contributed by atoms with Gasteiger partial charge in [0, 0.05) is 10.5 Å². The third-order valence-corrected chi connectivity index (χ3v) is 13.3. The summed E-state index contributed by atoms with van der Waals surface area (Å²) in [5, 5.41) is 1.94. The highest BCUT2D eigenvalue weighted by Gasteiger charge is 2.52. The first kappa shape index (κ1) is 9.94. The van der Waals surface area contributed by atoms with Gasteiger partial charge in [0.05, 0.1) is 0 Å². The number of hydrogen-bond donors (Lipinski definition) is 0. The second-order valence-electron chi connectivity index (χ2n) is 4.20. The molecule has 1 heterocycles. The van der Waals surface area contributed by atoms with Crippen LogP contribution in [-0.4, -0.2) is 10.5 Å². The fourth-order valence-electron chi connectivity index (χ4n) is 2.96. The highest BCUT2D eigenvalue weighted by atomic mass is 33.8. The Bertz CT molecular complexity index is 209. The average molecular weight is 269 g/mol. The Morgan fingerprint density at radius 3 is 2.54 bits per heavy atom. The van der Waals surface area contributed by atoms with Crippen molar-refractivity contribution in [3.05, 3.63) is 0 Å². The lowest BCUT2D eigenvalue weighted by Gasteiger charge is -2.30. The lowest BCUT2D eigenvalue weighted by Crippen LogP contribution is -2.30. The fourth-order valence-corrected chi connectivity index (χ4v) is 14.5. The molecule has 0 amide bonds. The van der Waals surface area contributed by atoms with Crippen molar-refractivity contribution in [1.82, 2.24) is 0 Å². The summed E-state index contributed by atoms with van der Waals surface area (Å²) < 4.78 is 0. The van der Waals surface area contributed by atoms with Crippen LogP contribution in [0.4, 0.5) is 0 Å². The molecule has 13 heavy (non-hydrogen) atoms. The van der Waals surface area contributed by atoms with Crippen LogP contribution in [0.25, 0.3) is 0 Å². The molecule has 0 aromatic carbocycles. The largest absolute Gasteiger partial charge is 0.0768 e. The van der Waals surface area contributed by atoms with Crippen LogP contribution in [0.5, 0.6) is 0 Å². The summed E-state index contributed by atoms with van der Waals surface area (Å²) in [6.07, 6.45) is 3.04. The van der Waals surface area contributed by atoms with Crippen molar-refractivity contribution in [2.75, 3.05) is 0 Å². The van der Waals surface area contributed by atoms with E-state index < -0.39 is 0 Å². The molecule has 5 heteroatoms. The van der Waals surface area contributed by atoms with Crippen molar-refractivity contribution in [3.8, 4) is 0 Å². The smallest absolute Gasteiger partial charge is 0.0321 e. The van der Waals surface area contributed by atoms with Crippen LogP contribution in [0.3, 0.4) is 0 Å². The van der Waals surface area contributed by atoms with Crippen molar-refractivity contribution >= 4 is 51.1 Å². The minimum absolute atomic E-state index is 0.964. The first-order valence-electron chi connectivity index (χ1n) is 4.68. The zero-order valence-corrected chi connectivity index (χ0v) is 11.4. The van der Waals surface area contributed by atoms with Gasteiger partial charge in [-0.3, -0.25) is 0 Å². The van der Waals surface area contributed by atoms with Gasteiger partial charge < -0.3 is 0 Å². The Kier molecular flexibility index (Phi) is 3.03. The Morgan fingerprint density at radius 1 is 0.923 bits per heavy atom. The van der Waals surface area contributed by atoms with Crippen LogP contribution in [-0.2, 0) is 0 Å². The standard InChI is InChI=1S/C8H12S5/c1-4-2-5-3-6(4)8-7(5)9-11-13-12-10-8/h4-8H,2-3H2,1H3. The van der Waals surface area contributed by atoms with Gasteiger partial charge in [-0.1, -0.05) is 28.5 Å². The SMILES string of the molecule is CC1CC2CC1C1SSSSSC21. The van der Waals surface area contributed by atoms with E-state index in [1.807, 2.05) is 29.5 Å². The molecule has 0 aromatic heterocycles. The lowest BCUT2D eigenvalue weighted by molar-refractivity contribution is 0.378. The van der Waals surface area contributed by atoms with E-state index >= 15 is 0 Å². The molecule has 0 radical (unpaired) electrons. The Hall–Kier alpha value is 1.75. The van der Waals surface area contributed by atoms with Crippen molar-refractivity contribution < 1.29 is 0 Å². The molecule has 2 saturated carbocycles. The summed E-state index contributed by atoms with van der Waals surface area (Å²) >= 11 is 0. The molecule has 5 unspecified atom stereocenters. The van der Waals surface area contributed by atoms with E-state index in [-0.39, 0.29) is 0 Å². The molecule has 74 valence electrons. The summed E-state index contributed by atoms with van der Waals surface area (Å²) in [6.45, 7) is 2.46. The summed E-state index contributed by atoms with van der Waals surface area (Å²) in [7, 11) is 10.3. The van der Waals surface area contributed by atoms with Crippen molar-refractivity contribution in [2.24, 2.45) is 17.8 Å². The van der Waals surface area contributed by atoms with Crippen molar-refractivity contribution in [3.63, 3.8) is 0 Å². The van der Waals surface area contributed by atoms with Gasteiger partial charge >= 0.3 is 0 Å². The highest BCUT2D eigenvalue weighted by Crippen LogP contribution is 2.67. The van der Waals surface area contributed by atoms with E-state index in [0.29, 0.717) is 0 Å². The molecular weight excluding hydrogens is 256 g/mol. The predicted molar refractivity (Wildman–Crippen MR) is 70.9 cm³/mol. The molecule has 5 atom stereocenters. The van der Waals surface area contributed by atoms with Gasteiger partial charge in [0.1, 0.15) is 0 Å². The molecule has 3 aliphatic rings. The topological polar surface area (TPSA) is 0 Å². The second-order valence-corrected chi connectivity index (χ2v) is 12.1. The maximum Gasteiger partial charge on any atom is 0.0321 e. The van der Waals surface area contributed by atoms with E-state index in [1.54, 1.807) is 0 Å². The molecule has 0 spiro atoms. The molecule has 0 nitrogen and oxygen atoms in total. The van der Waals surface area contributed by atoms with E-state index in [1.165, 1.54) is 12.8 Å². The van der Waals surface area contributed by atoms with Crippen LogP contribution in [0.15, 0.2) is 0 Å². The van der Waals surface area contributed by atoms with E-state index in [0.717, 1.165) is 28.3 Å². The first-order chi connectivity index (χ1) is 6.36. The normalized spacial score (nSPS) is 54.7. The average Bonchev–Trinajstić information content (AvgIpc) is 2.55. The van der Waals surface area contributed by atoms with Crippen LogP contribution < -0.4 is 0 Å².